The summed E-state index contributed by atoms with van der Waals surface area (Å²) < 4.78 is 0. The van der Waals surface area contributed by atoms with Crippen LogP contribution >= 0.6 is 0 Å². The minimum absolute atomic E-state index is 0.497. The largest absolute Gasteiger partial charge is 0.300 e. The summed E-state index contributed by atoms with van der Waals surface area (Å²) in [5.74, 6) is 1.47. The molecule has 2 heteroatoms. The molecular weight excluding hydrogens is 174 g/mol. The van der Waals surface area contributed by atoms with Crippen molar-refractivity contribution in [2.24, 2.45) is 5.92 Å². The lowest BCUT2D eigenvalue weighted by Gasteiger charge is -2.28. The molecule has 78 valence electrons. The summed E-state index contributed by atoms with van der Waals surface area (Å²) >= 11 is 0. The van der Waals surface area contributed by atoms with E-state index < -0.39 is 0 Å². The quantitative estimate of drug-likeness (QED) is 0.680. The van der Waals surface area contributed by atoms with Crippen LogP contribution in [0.25, 0.3) is 0 Å². The van der Waals surface area contributed by atoms with Crippen molar-refractivity contribution >= 4 is 5.78 Å². The zero-order valence-electron chi connectivity index (χ0n) is 8.74. The Bertz CT molecular complexity index is 243. The molecular formula is C12H19NO. The van der Waals surface area contributed by atoms with Crippen LogP contribution in [0.5, 0.6) is 0 Å². The van der Waals surface area contributed by atoms with Gasteiger partial charge in [-0.15, -0.1) is 0 Å². The molecule has 1 atom stereocenters. The number of carbonyl (C=O) groups is 1. The van der Waals surface area contributed by atoms with Crippen LogP contribution < -0.4 is 0 Å². The van der Waals surface area contributed by atoms with Gasteiger partial charge in [-0.2, -0.15) is 0 Å². The molecule has 0 radical (unpaired) electrons. The number of ketones is 1. The van der Waals surface area contributed by atoms with Crippen molar-refractivity contribution in [3.63, 3.8) is 0 Å². The van der Waals surface area contributed by atoms with Gasteiger partial charge in [0.1, 0.15) is 5.78 Å². The first-order chi connectivity index (χ1) is 6.83. The summed E-state index contributed by atoms with van der Waals surface area (Å²) in [4.78, 5) is 13.9. The van der Waals surface area contributed by atoms with Gasteiger partial charge < -0.3 is 0 Å². The fourth-order valence-electron chi connectivity index (χ4n) is 2.68. The topological polar surface area (TPSA) is 20.3 Å². The highest BCUT2D eigenvalue weighted by Gasteiger charge is 2.39. The summed E-state index contributed by atoms with van der Waals surface area (Å²) in [6.45, 7) is 1.29. The van der Waals surface area contributed by atoms with Gasteiger partial charge in [0.15, 0.2) is 0 Å². The predicted molar refractivity (Wildman–Crippen MR) is 55.1 cm³/mol. The minimum atomic E-state index is 0.497. The van der Waals surface area contributed by atoms with Crippen LogP contribution in [-0.2, 0) is 4.79 Å². The third-order valence-corrected chi connectivity index (χ3v) is 3.87. The number of hydrogen-bond donors (Lipinski definition) is 0. The van der Waals surface area contributed by atoms with Crippen LogP contribution in [0.1, 0.15) is 44.9 Å². The molecule has 0 heterocycles. The molecule has 0 N–H and O–H groups in total. The van der Waals surface area contributed by atoms with Crippen LogP contribution in [0.15, 0.2) is 0 Å². The summed E-state index contributed by atoms with van der Waals surface area (Å²) in [5.41, 5.74) is 0. The van der Waals surface area contributed by atoms with E-state index in [0.29, 0.717) is 11.8 Å². The van der Waals surface area contributed by atoms with E-state index in [4.69, 9.17) is 0 Å². The lowest BCUT2D eigenvalue weighted by molar-refractivity contribution is -0.117. The molecule has 1 unspecified atom stereocenters. The van der Waals surface area contributed by atoms with E-state index in [9.17, 15) is 4.79 Å². The van der Waals surface area contributed by atoms with E-state index >= 15 is 0 Å². The van der Waals surface area contributed by atoms with Gasteiger partial charge in [-0.1, -0.05) is 0 Å². The Morgan fingerprint density at radius 1 is 1.07 bits per heavy atom. The van der Waals surface area contributed by atoms with Crippen molar-refractivity contribution in [3.8, 4) is 0 Å². The molecule has 2 nitrogen and oxygen atoms in total. The third kappa shape index (κ3) is 1.85. The first-order valence-corrected chi connectivity index (χ1v) is 6.10. The van der Waals surface area contributed by atoms with Crippen molar-refractivity contribution in [2.45, 2.75) is 57.0 Å². The van der Waals surface area contributed by atoms with Crippen LogP contribution in [-0.4, -0.2) is 29.3 Å². The molecule has 0 spiro atoms. The highest BCUT2D eigenvalue weighted by atomic mass is 16.1. The molecule has 0 aromatic carbocycles. The molecule has 3 aliphatic rings. The number of Topliss-reactive ketones (excluding diaryl/α,β-unsaturated/α-hetero) is 1. The van der Waals surface area contributed by atoms with Crippen molar-refractivity contribution in [1.82, 2.24) is 4.90 Å². The summed E-state index contributed by atoms with van der Waals surface area (Å²) in [6, 6.07) is 1.47. The maximum Gasteiger partial charge on any atom is 0.134 e. The second-order valence-electron chi connectivity index (χ2n) is 5.31. The molecule has 3 saturated carbocycles. The Balaban J connectivity index is 1.61. The average Bonchev–Trinajstić information content (AvgIpc) is 3.04. The Morgan fingerprint density at radius 2 is 1.86 bits per heavy atom. The molecule has 3 aliphatic carbocycles. The fourth-order valence-corrected chi connectivity index (χ4v) is 2.68. The fraction of sp³-hybridized carbons (Fsp3) is 0.917. The monoisotopic (exact) mass is 193 g/mol. The Morgan fingerprint density at radius 3 is 2.36 bits per heavy atom. The Labute approximate surface area is 85.7 Å². The van der Waals surface area contributed by atoms with Crippen molar-refractivity contribution in [2.75, 3.05) is 6.54 Å². The number of rotatable bonds is 4. The van der Waals surface area contributed by atoms with E-state index in [-0.39, 0.29) is 0 Å². The first kappa shape index (κ1) is 8.90. The normalized spacial score (nSPS) is 32.9. The molecule has 0 aromatic rings. The van der Waals surface area contributed by atoms with Crippen LogP contribution in [0, 0.1) is 5.92 Å². The van der Waals surface area contributed by atoms with Crippen molar-refractivity contribution in [1.29, 1.82) is 0 Å². The van der Waals surface area contributed by atoms with E-state index in [1.165, 1.54) is 32.2 Å². The Kier molecular flexibility index (Phi) is 2.12. The summed E-state index contributed by atoms with van der Waals surface area (Å²) in [7, 11) is 0. The lowest BCUT2D eigenvalue weighted by atomic mass is 10.2. The van der Waals surface area contributed by atoms with E-state index in [2.05, 4.69) is 4.90 Å². The SMILES string of the molecule is O=C1CCC(N(CC2CC2)C2CC2)C1. The maximum atomic E-state index is 11.3. The zero-order valence-corrected chi connectivity index (χ0v) is 8.74. The van der Waals surface area contributed by atoms with Crippen molar-refractivity contribution < 1.29 is 4.79 Å². The summed E-state index contributed by atoms with van der Waals surface area (Å²) in [5, 5.41) is 0. The first-order valence-electron chi connectivity index (χ1n) is 6.10. The number of carbonyl (C=O) groups excluding carboxylic acids is 1. The van der Waals surface area contributed by atoms with Crippen LogP contribution in [0.2, 0.25) is 0 Å². The van der Waals surface area contributed by atoms with Gasteiger partial charge in [0.05, 0.1) is 0 Å². The van der Waals surface area contributed by atoms with E-state index in [0.717, 1.165) is 31.2 Å². The standard InChI is InChI=1S/C12H19NO/c14-12-6-5-11(7-12)13(10-3-4-10)8-9-1-2-9/h9-11H,1-8H2. The van der Waals surface area contributed by atoms with Crippen molar-refractivity contribution in [3.05, 3.63) is 0 Å². The number of hydrogen-bond acceptors (Lipinski definition) is 2. The molecule has 0 aliphatic heterocycles. The van der Waals surface area contributed by atoms with Crippen LogP contribution in [0.4, 0.5) is 0 Å². The van der Waals surface area contributed by atoms with E-state index in [1.807, 2.05) is 0 Å². The molecule has 0 amide bonds. The van der Waals surface area contributed by atoms with Gasteiger partial charge >= 0.3 is 0 Å². The van der Waals surface area contributed by atoms with Gasteiger partial charge in [-0.05, 0) is 38.0 Å². The van der Waals surface area contributed by atoms with Gasteiger partial charge in [-0.3, -0.25) is 9.69 Å². The molecule has 3 rings (SSSR count). The Hall–Kier alpha value is -0.370. The molecule has 0 bridgehead atoms. The molecule has 0 aromatic heterocycles. The average molecular weight is 193 g/mol. The minimum Gasteiger partial charge on any atom is -0.300 e. The smallest absolute Gasteiger partial charge is 0.134 e. The number of nitrogens with zero attached hydrogens (tertiary/aromatic N) is 1. The summed E-state index contributed by atoms with van der Waals surface area (Å²) in [6.07, 6.45) is 8.48. The molecule has 0 saturated heterocycles. The van der Waals surface area contributed by atoms with Gasteiger partial charge in [0.2, 0.25) is 0 Å². The van der Waals surface area contributed by atoms with E-state index in [1.54, 1.807) is 0 Å². The van der Waals surface area contributed by atoms with Gasteiger partial charge in [0, 0.05) is 31.5 Å². The van der Waals surface area contributed by atoms with Gasteiger partial charge in [0.25, 0.3) is 0 Å². The predicted octanol–water partition coefficient (Wildman–Crippen LogP) is 1.98. The third-order valence-electron chi connectivity index (χ3n) is 3.87. The van der Waals surface area contributed by atoms with Gasteiger partial charge in [-0.25, -0.2) is 0 Å². The highest BCUT2D eigenvalue weighted by Crippen LogP contribution is 2.38. The van der Waals surface area contributed by atoms with Crippen LogP contribution in [0.3, 0.4) is 0 Å². The zero-order chi connectivity index (χ0) is 9.54. The second-order valence-corrected chi connectivity index (χ2v) is 5.31. The lowest BCUT2D eigenvalue weighted by Crippen LogP contribution is -2.37. The highest BCUT2D eigenvalue weighted by molar-refractivity contribution is 5.81. The molecule has 14 heavy (non-hydrogen) atoms. The maximum absolute atomic E-state index is 11.3. The second kappa shape index (κ2) is 3.34. The molecule has 3 fully saturated rings.